The molecule has 5 heteroatoms. The topological polar surface area (TPSA) is 41.6 Å². The molecule has 1 heterocycles. The summed E-state index contributed by atoms with van der Waals surface area (Å²) >= 11 is 1.67. The zero-order valence-corrected chi connectivity index (χ0v) is 12.3. The maximum atomic E-state index is 11.8. The fraction of sp³-hybridized carbons (Fsp3) is 0.615. The van der Waals surface area contributed by atoms with E-state index >= 15 is 0 Å². The van der Waals surface area contributed by atoms with Crippen LogP contribution in [0.1, 0.15) is 25.5 Å². The van der Waals surface area contributed by atoms with Gasteiger partial charge in [-0.05, 0) is 50.3 Å². The molecule has 0 saturated carbocycles. The van der Waals surface area contributed by atoms with Crippen LogP contribution in [0.4, 0.5) is 0 Å². The Morgan fingerprint density at radius 1 is 1.56 bits per heavy atom. The molecule has 0 saturated heterocycles. The van der Waals surface area contributed by atoms with Gasteiger partial charge in [-0.1, -0.05) is 0 Å². The van der Waals surface area contributed by atoms with Crippen molar-refractivity contribution in [3.63, 3.8) is 0 Å². The van der Waals surface area contributed by atoms with Crippen LogP contribution < -0.4 is 5.32 Å². The minimum absolute atomic E-state index is 0.0565. The molecule has 4 nitrogen and oxygen atoms in total. The average Bonchev–Trinajstić information content (AvgIpc) is 2.82. The normalized spacial score (nSPS) is 14.5. The van der Waals surface area contributed by atoms with E-state index in [0.29, 0.717) is 13.2 Å². The largest absolute Gasteiger partial charge is 0.369 e. The standard InChI is InChI=1S/C13H22N2O2S/c1-5-17-10(2)13(16)14-8-12(15(3)4)11-6-7-18-9-11/h6-7,9-10,12H,5,8H2,1-4H3,(H,14,16)/t10-,12-/m1/s1. The van der Waals surface area contributed by atoms with Crippen molar-refractivity contribution in [2.75, 3.05) is 27.2 Å². The molecule has 0 spiro atoms. The van der Waals surface area contributed by atoms with Gasteiger partial charge in [0.1, 0.15) is 6.10 Å². The molecule has 0 aliphatic rings. The van der Waals surface area contributed by atoms with Crippen molar-refractivity contribution in [3.05, 3.63) is 22.4 Å². The highest BCUT2D eigenvalue weighted by molar-refractivity contribution is 7.07. The second-order valence-corrected chi connectivity index (χ2v) is 5.16. The van der Waals surface area contributed by atoms with Gasteiger partial charge in [0.25, 0.3) is 0 Å². The van der Waals surface area contributed by atoms with E-state index in [1.165, 1.54) is 5.56 Å². The molecule has 0 aliphatic carbocycles. The number of carbonyl (C=O) groups excluding carboxylic acids is 1. The summed E-state index contributed by atoms with van der Waals surface area (Å²) in [6.45, 7) is 4.81. The van der Waals surface area contributed by atoms with Gasteiger partial charge in [0.05, 0.1) is 6.04 Å². The van der Waals surface area contributed by atoms with Crippen molar-refractivity contribution < 1.29 is 9.53 Å². The third-order valence-corrected chi connectivity index (χ3v) is 3.51. The van der Waals surface area contributed by atoms with Crippen LogP contribution in [0.2, 0.25) is 0 Å². The number of amides is 1. The smallest absolute Gasteiger partial charge is 0.248 e. The molecule has 1 aromatic heterocycles. The number of thiophene rings is 1. The van der Waals surface area contributed by atoms with Crippen molar-refractivity contribution in [3.8, 4) is 0 Å². The van der Waals surface area contributed by atoms with Crippen LogP contribution >= 0.6 is 11.3 Å². The van der Waals surface area contributed by atoms with Crippen LogP contribution in [-0.2, 0) is 9.53 Å². The molecule has 0 aromatic carbocycles. The van der Waals surface area contributed by atoms with Crippen LogP contribution in [0.25, 0.3) is 0 Å². The molecule has 0 radical (unpaired) electrons. The first-order valence-corrected chi connectivity index (χ1v) is 7.08. The lowest BCUT2D eigenvalue weighted by atomic mass is 10.1. The number of rotatable bonds is 7. The minimum Gasteiger partial charge on any atom is -0.369 e. The molecule has 1 amide bonds. The number of ether oxygens (including phenoxy) is 1. The van der Waals surface area contributed by atoms with Gasteiger partial charge in [-0.2, -0.15) is 11.3 Å². The van der Waals surface area contributed by atoms with Crippen molar-refractivity contribution in [2.24, 2.45) is 0 Å². The molecule has 0 unspecified atom stereocenters. The van der Waals surface area contributed by atoms with Gasteiger partial charge in [-0.3, -0.25) is 4.79 Å². The number of nitrogens with zero attached hydrogens (tertiary/aromatic N) is 1. The van der Waals surface area contributed by atoms with Gasteiger partial charge in [0.15, 0.2) is 0 Å². The van der Waals surface area contributed by atoms with Crippen LogP contribution in [-0.4, -0.2) is 44.2 Å². The van der Waals surface area contributed by atoms with E-state index in [-0.39, 0.29) is 18.1 Å². The summed E-state index contributed by atoms with van der Waals surface area (Å²) in [5.74, 6) is -0.0565. The molecule has 1 N–H and O–H groups in total. The highest BCUT2D eigenvalue weighted by Gasteiger charge is 2.18. The van der Waals surface area contributed by atoms with Crippen molar-refractivity contribution >= 4 is 17.2 Å². The summed E-state index contributed by atoms with van der Waals surface area (Å²) in [6.07, 6.45) is -0.389. The monoisotopic (exact) mass is 270 g/mol. The zero-order chi connectivity index (χ0) is 13.5. The van der Waals surface area contributed by atoms with Crippen LogP contribution in [0.3, 0.4) is 0 Å². The Kier molecular flexibility index (Phi) is 6.32. The highest BCUT2D eigenvalue weighted by atomic mass is 32.1. The van der Waals surface area contributed by atoms with E-state index in [2.05, 4.69) is 27.0 Å². The first kappa shape index (κ1) is 15.1. The van der Waals surface area contributed by atoms with E-state index < -0.39 is 0 Å². The fourth-order valence-electron chi connectivity index (χ4n) is 1.73. The Morgan fingerprint density at radius 3 is 2.78 bits per heavy atom. The molecule has 2 atom stereocenters. The second-order valence-electron chi connectivity index (χ2n) is 4.38. The fourth-order valence-corrected chi connectivity index (χ4v) is 2.44. The SMILES string of the molecule is CCO[C@H](C)C(=O)NC[C@H](c1ccsc1)N(C)C. The maximum Gasteiger partial charge on any atom is 0.248 e. The summed E-state index contributed by atoms with van der Waals surface area (Å²) < 4.78 is 5.26. The summed E-state index contributed by atoms with van der Waals surface area (Å²) in [7, 11) is 4.03. The molecule has 0 fully saturated rings. The Hall–Kier alpha value is -0.910. The summed E-state index contributed by atoms with van der Waals surface area (Å²) in [6, 6.07) is 2.29. The zero-order valence-electron chi connectivity index (χ0n) is 11.5. The van der Waals surface area contributed by atoms with E-state index in [9.17, 15) is 4.79 Å². The van der Waals surface area contributed by atoms with Gasteiger partial charge in [0.2, 0.25) is 5.91 Å². The number of carbonyl (C=O) groups is 1. The van der Waals surface area contributed by atoms with Gasteiger partial charge < -0.3 is 15.0 Å². The predicted molar refractivity (Wildman–Crippen MR) is 74.8 cm³/mol. The van der Waals surface area contributed by atoms with E-state index in [4.69, 9.17) is 4.74 Å². The second kappa shape index (κ2) is 7.51. The summed E-state index contributed by atoms with van der Waals surface area (Å²) in [5, 5.41) is 7.10. The molecule has 1 rings (SSSR count). The molecular weight excluding hydrogens is 248 g/mol. The molecule has 0 bridgehead atoms. The molecule has 102 valence electrons. The lowest BCUT2D eigenvalue weighted by molar-refractivity contribution is -0.131. The third-order valence-electron chi connectivity index (χ3n) is 2.81. The van der Waals surface area contributed by atoms with Gasteiger partial charge >= 0.3 is 0 Å². The van der Waals surface area contributed by atoms with E-state index in [1.807, 2.05) is 21.0 Å². The van der Waals surface area contributed by atoms with Gasteiger partial charge in [-0.15, -0.1) is 0 Å². The number of hydrogen-bond donors (Lipinski definition) is 1. The average molecular weight is 270 g/mol. The van der Waals surface area contributed by atoms with Gasteiger partial charge in [0, 0.05) is 13.2 Å². The van der Waals surface area contributed by atoms with Crippen LogP contribution in [0, 0.1) is 0 Å². The van der Waals surface area contributed by atoms with Crippen LogP contribution in [0.15, 0.2) is 16.8 Å². The Bertz CT molecular complexity index is 352. The number of hydrogen-bond acceptors (Lipinski definition) is 4. The first-order chi connectivity index (χ1) is 8.56. The lowest BCUT2D eigenvalue weighted by Crippen LogP contribution is -2.39. The minimum atomic E-state index is -0.389. The molecule has 0 aliphatic heterocycles. The highest BCUT2D eigenvalue weighted by Crippen LogP contribution is 2.19. The first-order valence-electron chi connectivity index (χ1n) is 6.14. The van der Waals surface area contributed by atoms with Gasteiger partial charge in [-0.25, -0.2) is 0 Å². The van der Waals surface area contributed by atoms with E-state index in [1.54, 1.807) is 18.3 Å². The molecular formula is C13H22N2O2S. The Balaban J connectivity index is 2.51. The maximum absolute atomic E-state index is 11.8. The Morgan fingerprint density at radius 2 is 2.28 bits per heavy atom. The van der Waals surface area contributed by atoms with E-state index in [0.717, 1.165) is 0 Å². The number of nitrogens with one attached hydrogen (secondary N) is 1. The third kappa shape index (κ3) is 4.40. The van der Waals surface area contributed by atoms with Crippen molar-refractivity contribution in [1.82, 2.24) is 10.2 Å². The van der Waals surface area contributed by atoms with Crippen LogP contribution in [0.5, 0.6) is 0 Å². The van der Waals surface area contributed by atoms with Crippen molar-refractivity contribution in [2.45, 2.75) is 26.0 Å². The lowest BCUT2D eigenvalue weighted by Gasteiger charge is -2.24. The summed E-state index contributed by atoms with van der Waals surface area (Å²) in [4.78, 5) is 13.9. The molecule has 1 aromatic rings. The predicted octanol–water partition coefficient (Wildman–Crippen LogP) is 1.89. The summed E-state index contributed by atoms with van der Waals surface area (Å²) in [5.41, 5.74) is 1.23. The van der Waals surface area contributed by atoms with Crippen molar-refractivity contribution in [1.29, 1.82) is 0 Å². The Labute approximate surface area is 113 Å². The quantitative estimate of drug-likeness (QED) is 0.822. The molecule has 18 heavy (non-hydrogen) atoms. The number of likely N-dealkylation sites (N-methyl/N-ethyl adjacent to an activating group) is 1.